The van der Waals surface area contributed by atoms with Crippen LogP contribution in [0.5, 0.6) is 0 Å². The summed E-state index contributed by atoms with van der Waals surface area (Å²) in [4.78, 5) is 0.640. The molecular weight excluding hydrogens is 326 g/mol. The quantitative estimate of drug-likeness (QED) is 0.765. The fourth-order valence-electron chi connectivity index (χ4n) is 2.14. The average molecular weight is 348 g/mol. The predicted octanol–water partition coefficient (Wildman–Crippen LogP) is 3.65. The maximum Gasteiger partial charge on any atom is 0.240 e. The van der Waals surface area contributed by atoms with Crippen molar-refractivity contribution in [1.82, 2.24) is 4.72 Å². The summed E-state index contributed by atoms with van der Waals surface area (Å²) in [7, 11) is -3.41. The SMILES string of the molecule is CCCNS(=O)(=O)c1ccccc1C(CC)C(C)Br. The van der Waals surface area contributed by atoms with Gasteiger partial charge in [-0.05, 0) is 30.4 Å². The molecule has 0 aliphatic rings. The highest BCUT2D eigenvalue weighted by Crippen LogP contribution is 2.32. The van der Waals surface area contributed by atoms with Gasteiger partial charge in [0.1, 0.15) is 0 Å². The molecule has 108 valence electrons. The van der Waals surface area contributed by atoms with Crippen molar-refractivity contribution in [2.75, 3.05) is 6.54 Å². The highest BCUT2D eigenvalue weighted by molar-refractivity contribution is 9.09. The average Bonchev–Trinajstić information content (AvgIpc) is 2.37. The molecule has 0 saturated carbocycles. The minimum absolute atomic E-state index is 0.189. The molecule has 0 aliphatic heterocycles. The maximum absolute atomic E-state index is 12.3. The zero-order chi connectivity index (χ0) is 14.5. The maximum atomic E-state index is 12.3. The third-order valence-corrected chi connectivity index (χ3v) is 5.32. The second-order valence-corrected chi connectivity index (χ2v) is 7.81. The number of hydrogen-bond donors (Lipinski definition) is 1. The van der Waals surface area contributed by atoms with Gasteiger partial charge >= 0.3 is 0 Å². The Labute approximate surface area is 125 Å². The lowest BCUT2D eigenvalue weighted by Gasteiger charge is -2.21. The Hall–Kier alpha value is -0.390. The van der Waals surface area contributed by atoms with Gasteiger partial charge in [-0.2, -0.15) is 0 Å². The summed E-state index contributed by atoms with van der Waals surface area (Å²) in [6.07, 6.45) is 1.68. The number of benzene rings is 1. The number of hydrogen-bond acceptors (Lipinski definition) is 2. The Kier molecular flexibility index (Phi) is 6.50. The van der Waals surface area contributed by atoms with E-state index in [0.29, 0.717) is 11.4 Å². The van der Waals surface area contributed by atoms with Crippen LogP contribution < -0.4 is 4.72 Å². The highest BCUT2D eigenvalue weighted by Gasteiger charge is 2.24. The summed E-state index contributed by atoms with van der Waals surface area (Å²) in [6, 6.07) is 7.26. The van der Waals surface area contributed by atoms with Crippen LogP contribution in [-0.2, 0) is 10.0 Å². The number of sulfonamides is 1. The van der Waals surface area contributed by atoms with Gasteiger partial charge in [0.25, 0.3) is 0 Å². The number of nitrogens with one attached hydrogen (secondary N) is 1. The monoisotopic (exact) mass is 347 g/mol. The standard InChI is InChI=1S/C14H22BrNO2S/c1-4-10-16-19(17,18)14-9-7-6-8-13(14)12(5-2)11(3)15/h6-9,11-12,16H,4-5,10H2,1-3H3. The first-order valence-corrected chi connectivity index (χ1v) is 9.06. The molecule has 0 bridgehead atoms. The van der Waals surface area contributed by atoms with Crippen molar-refractivity contribution < 1.29 is 8.42 Å². The van der Waals surface area contributed by atoms with Gasteiger partial charge in [0, 0.05) is 11.4 Å². The third-order valence-electron chi connectivity index (χ3n) is 3.14. The third kappa shape index (κ3) is 4.29. The summed E-state index contributed by atoms with van der Waals surface area (Å²) in [6.45, 7) is 6.55. The molecule has 5 heteroatoms. The van der Waals surface area contributed by atoms with Gasteiger partial charge in [0.05, 0.1) is 4.90 Å². The zero-order valence-electron chi connectivity index (χ0n) is 11.7. The molecule has 1 rings (SSSR count). The summed E-state index contributed by atoms with van der Waals surface area (Å²) in [5.74, 6) is 0.189. The molecule has 19 heavy (non-hydrogen) atoms. The van der Waals surface area contributed by atoms with E-state index in [9.17, 15) is 8.42 Å². The minimum Gasteiger partial charge on any atom is -0.211 e. The Bertz CT molecular complexity index is 500. The van der Waals surface area contributed by atoms with Crippen molar-refractivity contribution in [2.45, 2.75) is 49.3 Å². The Balaban J connectivity index is 3.22. The van der Waals surface area contributed by atoms with E-state index in [1.165, 1.54) is 0 Å². The van der Waals surface area contributed by atoms with Gasteiger partial charge in [-0.25, -0.2) is 13.1 Å². The molecule has 0 fully saturated rings. The van der Waals surface area contributed by atoms with Gasteiger partial charge in [-0.1, -0.05) is 54.9 Å². The van der Waals surface area contributed by atoms with E-state index in [0.717, 1.165) is 18.4 Å². The van der Waals surface area contributed by atoms with E-state index in [1.807, 2.05) is 19.1 Å². The molecule has 3 nitrogen and oxygen atoms in total. The predicted molar refractivity (Wildman–Crippen MR) is 83.3 cm³/mol. The van der Waals surface area contributed by atoms with Crippen LogP contribution in [0.1, 0.15) is 45.1 Å². The fourth-order valence-corrected chi connectivity index (χ4v) is 4.21. The Morgan fingerprint density at radius 3 is 2.42 bits per heavy atom. The summed E-state index contributed by atoms with van der Waals surface area (Å²) < 4.78 is 27.3. The molecule has 2 unspecified atom stereocenters. The Morgan fingerprint density at radius 2 is 1.89 bits per heavy atom. The van der Waals surface area contributed by atoms with E-state index in [2.05, 4.69) is 34.5 Å². The molecule has 0 heterocycles. The summed E-state index contributed by atoms with van der Waals surface area (Å²) in [5.41, 5.74) is 0.887. The van der Waals surface area contributed by atoms with Gasteiger partial charge in [-0.15, -0.1) is 0 Å². The first-order valence-electron chi connectivity index (χ1n) is 6.66. The van der Waals surface area contributed by atoms with Gasteiger partial charge in [-0.3, -0.25) is 0 Å². The molecule has 0 spiro atoms. The molecule has 1 N–H and O–H groups in total. The second-order valence-electron chi connectivity index (χ2n) is 4.63. The second kappa shape index (κ2) is 7.41. The van der Waals surface area contributed by atoms with Crippen LogP contribution >= 0.6 is 15.9 Å². The molecule has 1 aromatic carbocycles. The van der Waals surface area contributed by atoms with Crippen molar-refractivity contribution in [2.24, 2.45) is 0 Å². The molecule has 0 amide bonds. The van der Waals surface area contributed by atoms with Gasteiger partial charge < -0.3 is 0 Å². The summed E-state index contributed by atoms with van der Waals surface area (Å²) in [5, 5.41) is 0. The van der Waals surface area contributed by atoms with E-state index in [-0.39, 0.29) is 10.7 Å². The van der Waals surface area contributed by atoms with Gasteiger partial charge in [0.15, 0.2) is 0 Å². The van der Waals surface area contributed by atoms with Crippen molar-refractivity contribution in [1.29, 1.82) is 0 Å². The van der Waals surface area contributed by atoms with Crippen molar-refractivity contribution >= 4 is 26.0 Å². The van der Waals surface area contributed by atoms with Crippen molar-refractivity contribution in [3.8, 4) is 0 Å². The first kappa shape index (κ1) is 16.7. The molecular formula is C14H22BrNO2S. The topological polar surface area (TPSA) is 46.2 Å². The normalized spacial score (nSPS) is 15.2. The van der Waals surface area contributed by atoms with Crippen molar-refractivity contribution in [3.63, 3.8) is 0 Å². The molecule has 1 aromatic rings. The van der Waals surface area contributed by atoms with Crippen LogP contribution in [0.3, 0.4) is 0 Å². The van der Waals surface area contributed by atoms with E-state index < -0.39 is 10.0 Å². The lowest BCUT2D eigenvalue weighted by atomic mass is 9.94. The van der Waals surface area contributed by atoms with Crippen molar-refractivity contribution in [3.05, 3.63) is 29.8 Å². The van der Waals surface area contributed by atoms with Crippen LogP contribution in [0.4, 0.5) is 0 Å². The molecule has 0 radical (unpaired) electrons. The van der Waals surface area contributed by atoms with E-state index in [4.69, 9.17) is 0 Å². The zero-order valence-corrected chi connectivity index (χ0v) is 14.1. The van der Waals surface area contributed by atoms with Crippen LogP contribution in [-0.4, -0.2) is 19.8 Å². The number of alkyl halides is 1. The highest BCUT2D eigenvalue weighted by atomic mass is 79.9. The van der Waals surface area contributed by atoms with E-state index >= 15 is 0 Å². The molecule has 2 atom stereocenters. The van der Waals surface area contributed by atoms with Crippen LogP contribution in [0.25, 0.3) is 0 Å². The lowest BCUT2D eigenvalue weighted by Crippen LogP contribution is -2.26. The van der Waals surface area contributed by atoms with Gasteiger partial charge in [0.2, 0.25) is 10.0 Å². The Morgan fingerprint density at radius 1 is 1.26 bits per heavy atom. The number of rotatable bonds is 7. The molecule has 0 saturated heterocycles. The summed E-state index contributed by atoms with van der Waals surface area (Å²) >= 11 is 3.58. The first-order chi connectivity index (χ1) is 8.94. The molecule has 0 aromatic heterocycles. The minimum atomic E-state index is -3.41. The largest absolute Gasteiger partial charge is 0.240 e. The van der Waals surface area contributed by atoms with Crippen LogP contribution in [0.15, 0.2) is 29.2 Å². The lowest BCUT2D eigenvalue weighted by molar-refractivity contribution is 0.574. The van der Waals surface area contributed by atoms with Crippen LogP contribution in [0.2, 0.25) is 0 Å². The number of halogens is 1. The van der Waals surface area contributed by atoms with Crippen LogP contribution in [0, 0.1) is 0 Å². The molecule has 0 aliphatic carbocycles. The fraction of sp³-hybridized carbons (Fsp3) is 0.571. The smallest absolute Gasteiger partial charge is 0.211 e. The van der Waals surface area contributed by atoms with E-state index in [1.54, 1.807) is 12.1 Å².